The highest BCUT2D eigenvalue weighted by molar-refractivity contribution is 7.13. The Hall–Kier alpha value is -3.98. The highest BCUT2D eigenvalue weighted by Crippen LogP contribution is 2.33. The van der Waals surface area contributed by atoms with Crippen LogP contribution in [0.5, 0.6) is 0 Å². The molecule has 0 radical (unpaired) electrons. The molecule has 5 rings (SSSR count). The van der Waals surface area contributed by atoms with Crippen LogP contribution in [0.3, 0.4) is 0 Å². The molecule has 0 bridgehead atoms. The summed E-state index contributed by atoms with van der Waals surface area (Å²) in [5, 5.41) is 5.25. The van der Waals surface area contributed by atoms with Gasteiger partial charge in [-0.2, -0.15) is 0 Å². The molecule has 6 nitrogen and oxygen atoms in total. The monoisotopic (exact) mass is 447 g/mol. The highest BCUT2D eigenvalue weighted by atomic mass is 32.1. The summed E-state index contributed by atoms with van der Waals surface area (Å²) in [4.78, 5) is 24.9. The largest absolute Gasteiger partial charge is 0.324 e. The number of hydrogen-bond donors (Lipinski definition) is 1. The molecule has 0 aliphatic heterocycles. The first-order chi connectivity index (χ1) is 15.5. The number of imidazole rings is 1. The molecule has 1 N–H and O–H groups in total. The fourth-order valence-corrected chi connectivity index (χ4v) is 4.06. The first kappa shape index (κ1) is 20.0. The minimum atomic E-state index is -0.612. The molecule has 158 valence electrons. The van der Waals surface area contributed by atoms with Crippen molar-refractivity contribution >= 4 is 34.1 Å². The molecule has 0 spiro atoms. The fraction of sp³-hybridized carbons (Fsp3) is 0.0435. The number of carbonyl (C=O) groups is 1. The van der Waals surface area contributed by atoms with Crippen LogP contribution in [0.1, 0.15) is 6.92 Å². The number of nitrogens with zero attached hydrogens (tertiary/aromatic N) is 4. The van der Waals surface area contributed by atoms with Gasteiger partial charge in [-0.15, -0.1) is 11.3 Å². The van der Waals surface area contributed by atoms with Crippen LogP contribution in [-0.2, 0) is 4.79 Å². The second-order valence-corrected chi connectivity index (χ2v) is 7.96. The number of aromatic nitrogens is 4. The normalized spacial score (nSPS) is 11.1. The van der Waals surface area contributed by atoms with E-state index >= 15 is 4.39 Å². The Kier molecular flexibility index (Phi) is 4.95. The topological polar surface area (TPSA) is 72.7 Å². The molecule has 0 unspecified atom stereocenters. The van der Waals surface area contributed by atoms with E-state index in [4.69, 9.17) is 0 Å². The summed E-state index contributed by atoms with van der Waals surface area (Å²) in [7, 11) is 0. The van der Waals surface area contributed by atoms with Crippen LogP contribution in [0.2, 0.25) is 0 Å². The zero-order valence-corrected chi connectivity index (χ0v) is 17.5. The minimum absolute atomic E-state index is 0.00980. The van der Waals surface area contributed by atoms with E-state index in [0.29, 0.717) is 22.4 Å². The molecule has 0 aliphatic rings. The van der Waals surface area contributed by atoms with Crippen LogP contribution in [0, 0.1) is 11.6 Å². The Balaban J connectivity index is 1.67. The lowest BCUT2D eigenvalue weighted by Crippen LogP contribution is -2.09. The van der Waals surface area contributed by atoms with Crippen LogP contribution in [-0.4, -0.2) is 25.4 Å². The van der Waals surface area contributed by atoms with E-state index in [9.17, 15) is 9.18 Å². The van der Waals surface area contributed by atoms with Gasteiger partial charge in [0.1, 0.15) is 22.7 Å². The Morgan fingerprint density at radius 1 is 1.03 bits per heavy atom. The summed E-state index contributed by atoms with van der Waals surface area (Å²) in [6, 6.07) is 10.5. The molecule has 0 saturated heterocycles. The third-order valence-corrected chi connectivity index (χ3v) is 5.69. The van der Waals surface area contributed by atoms with E-state index in [0.717, 1.165) is 10.6 Å². The maximum atomic E-state index is 15.2. The number of benzene rings is 2. The summed E-state index contributed by atoms with van der Waals surface area (Å²) in [5.41, 5.74) is 3.31. The van der Waals surface area contributed by atoms with Crippen LogP contribution in [0.15, 0.2) is 66.6 Å². The lowest BCUT2D eigenvalue weighted by molar-refractivity contribution is -0.114. The van der Waals surface area contributed by atoms with E-state index in [1.807, 2.05) is 11.4 Å². The predicted octanol–water partition coefficient (Wildman–Crippen LogP) is 5.45. The molecule has 0 aliphatic carbocycles. The number of anilines is 1. The Morgan fingerprint density at radius 3 is 2.56 bits per heavy atom. The SMILES string of the molecule is CC(=O)Nc1cc(-n2cnc3cc(-c4nccs4)cnc32)cc(-c2ccc(F)cc2)c1F. The Bertz CT molecular complexity index is 1450. The first-order valence-corrected chi connectivity index (χ1v) is 10.5. The van der Waals surface area contributed by atoms with Crippen molar-refractivity contribution in [1.82, 2.24) is 19.5 Å². The number of carbonyl (C=O) groups excluding carboxylic acids is 1. The van der Waals surface area contributed by atoms with Gasteiger partial charge in [-0.25, -0.2) is 23.7 Å². The smallest absolute Gasteiger partial charge is 0.221 e. The number of thiazole rings is 1. The minimum Gasteiger partial charge on any atom is -0.324 e. The molecule has 9 heteroatoms. The van der Waals surface area contributed by atoms with Crippen molar-refractivity contribution in [3.05, 3.63) is 78.2 Å². The summed E-state index contributed by atoms with van der Waals surface area (Å²) in [6.07, 6.45) is 5.02. The van der Waals surface area contributed by atoms with Gasteiger partial charge in [-0.1, -0.05) is 12.1 Å². The van der Waals surface area contributed by atoms with Crippen LogP contribution in [0.25, 0.3) is 38.5 Å². The first-order valence-electron chi connectivity index (χ1n) is 9.60. The average molecular weight is 447 g/mol. The van der Waals surface area contributed by atoms with Crippen molar-refractivity contribution in [3.8, 4) is 27.4 Å². The van der Waals surface area contributed by atoms with Gasteiger partial charge in [-0.3, -0.25) is 9.36 Å². The molecule has 0 fully saturated rings. The molecule has 3 aromatic heterocycles. The van der Waals surface area contributed by atoms with Gasteiger partial charge in [0.05, 0.1) is 11.4 Å². The van der Waals surface area contributed by atoms with Gasteiger partial charge < -0.3 is 5.32 Å². The lowest BCUT2D eigenvalue weighted by Gasteiger charge is -2.13. The molecule has 2 aromatic carbocycles. The van der Waals surface area contributed by atoms with Crippen molar-refractivity contribution < 1.29 is 13.6 Å². The number of halogens is 2. The van der Waals surface area contributed by atoms with E-state index in [1.165, 1.54) is 48.6 Å². The van der Waals surface area contributed by atoms with Crippen molar-refractivity contribution in [2.24, 2.45) is 0 Å². The number of rotatable bonds is 4. The van der Waals surface area contributed by atoms with Gasteiger partial charge in [0.2, 0.25) is 5.91 Å². The van der Waals surface area contributed by atoms with Gasteiger partial charge in [-0.05, 0) is 35.9 Å². The van der Waals surface area contributed by atoms with Crippen molar-refractivity contribution in [1.29, 1.82) is 0 Å². The molecule has 0 atom stereocenters. The zero-order chi connectivity index (χ0) is 22.2. The van der Waals surface area contributed by atoms with E-state index < -0.39 is 17.5 Å². The van der Waals surface area contributed by atoms with Gasteiger partial charge >= 0.3 is 0 Å². The second-order valence-electron chi connectivity index (χ2n) is 7.06. The van der Waals surface area contributed by atoms with Crippen molar-refractivity contribution in [2.45, 2.75) is 6.92 Å². The van der Waals surface area contributed by atoms with Crippen LogP contribution in [0.4, 0.5) is 14.5 Å². The Labute approximate surface area is 185 Å². The number of fused-ring (bicyclic) bond motifs is 1. The third kappa shape index (κ3) is 3.63. The molecule has 32 heavy (non-hydrogen) atoms. The average Bonchev–Trinajstić information content (AvgIpc) is 3.45. The van der Waals surface area contributed by atoms with Gasteiger partial charge in [0.25, 0.3) is 0 Å². The van der Waals surface area contributed by atoms with Gasteiger partial charge in [0, 0.05) is 35.8 Å². The summed E-state index contributed by atoms with van der Waals surface area (Å²) >= 11 is 1.50. The van der Waals surface area contributed by atoms with E-state index in [1.54, 1.807) is 29.4 Å². The van der Waals surface area contributed by atoms with E-state index in [-0.39, 0.29) is 11.3 Å². The molecular formula is C23H15F2N5OS. The standard InChI is InChI=1S/C23H15F2N5OS/c1-13(31)29-19-10-17(9-18(21(19)25)14-2-4-16(24)5-3-14)30-12-28-20-8-15(11-27-22(20)30)23-26-6-7-32-23/h2-12H,1H3,(H,29,31). The second kappa shape index (κ2) is 7.93. The van der Waals surface area contributed by atoms with Crippen LogP contribution >= 0.6 is 11.3 Å². The third-order valence-electron chi connectivity index (χ3n) is 4.87. The highest BCUT2D eigenvalue weighted by Gasteiger charge is 2.17. The number of nitrogens with one attached hydrogen (secondary N) is 1. The number of amides is 1. The van der Waals surface area contributed by atoms with Gasteiger partial charge in [0.15, 0.2) is 11.5 Å². The van der Waals surface area contributed by atoms with E-state index in [2.05, 4.69) is 20.3 Å². The number of pyridine rings is 1. The quantitative estimate of drug-likeness (QED) is 0.398. The van der Waals surface area contributed by atoms with Crippen molar-refractivity contribution in [2.75, 3.05) is 5.32 Å². The molecule has 1 amide bonds. The zero-order valence-electron chi connectivity index (χ0n) is 16.7. The maximum absolute atomic E-state index is 15.2. The fourth-order valence-electron chi connectivity index (χ4n) is 3.44. The summed E-state index contributed by atoms with van der Waals surface area (Å²) in [6.45, 7) is 1.30. The number of hydrogen-bond acceptors (Lipinski definition) is 5. The maximum Gasteiger partial charge on any atom is 0.221 e. The molecular weight excluding hydrogens is 432 g/mol. The molecule has 0 saturated carbocycles. The summed E-state index contributed by atoms with van der Waals surface area (Å²) < 4.78 is 30.3. The predicted molar refractivity (Wildman–Crippen MR) is 120 cm³/mol. The lowest BCUT2D eigenvalue weighted by atomic mass is 10.0. The molecule has 3 heterocycles. The summed E-state index contributed by atoms with van der Waals surface area (Å²) in [5.74, 6) is -1.44. The Morgan fingerprint density at radius 2 is 1.84 bits per heavy atom. The van der Waals surface area contributed by atoms with Crippen LogP contribution < -0.4 is 5.32 Å². The molecule has 5 aromatic rings. The van der Waals surface area contributed by atoms with Crippen molar-refractivity contribution in [3.63, 3.8) is 0 Å².